The van der Waals surface area contributed by atoms with Gasteiger partial charge in [0.15, 0.2) is 0 Å². The van der Waals surface area contributed by atoms with Gasteiger partial charge >= 0.3 is 0 Å². The van der Waals surface area contributed by atoms with E-state index in [1.807, 2.05) is 0 Å². The predicted octanol–water partition coefficient (Wildman–Crippen LogP) is 3.22. The summed E-state index contributed by atoms with van der Waals surface area (Å²) in [6.07, 6.45) is 1.47. The lowest BCUT2D eigenvalue weighted by atomic mass is 10.2. The topological polar surface area (TPSA) is 68.0 Å². The van der Waals surface area contributed by atoms with E-state index in [4.69, 9.17) is 28.9 Å². The molecule has 0 saturated heterocycles. The van der Waals surface area contributed by atoms with Crippen LogP contribution in [0.2, 0.25) is 10.2 Å². The summed E-state index contributed by atoms with van der Waals surface area (Å²) in [6.45, 7) is 0. The summed E-state index contributed by atoms with van der Waals surface area (Å²) in [6, 6.07) is 7.93. The Morgan fingerprint density at radius 3 is 2.61 bits per heavy atom. The summed E-state index contributed by atoms with van der Waals surface area (Å²) in [5.74, 6) is -0.289. The van der Waals surface area contributed by atoms with Crippen LogP contribution in [0.15, 0.2) is 36.5 Å². The fourth-order valence-electron chi connectivity index (χ4n) is 1.34. The monoisotopic (exact) mass is 281 g/mol. The van der Waals surface area contributed by atoms with Gasteiger partial charge < -0.3 is 11.1 Å². The third-order valence-electron chi connectivity index (χ3n) is 2.24. The van der Waals surface area contributed by atoms with E-state index < -0.39 is 0 Å². The number of nitrogen functional groups attached to an aromatic ring is 1. The molecule has 1 heterocycles. The van der Waals surface area contributed by atoms with Crippen LogP contribution in [0, 0.1) is 0 Å². The van der Waals surface area contributed by atoms with Crippen molar-refractivity contribution < 1.29 is 4.79 Å². The van der Waals surface area contributed by atoms with Gasteiger partial charge in [-0.15, -0.1) is 0 Å². The van der Waals surface area contributed by atoms with Gasteiger partial charge in [-0.3, -0.25) is 4.79 Å². The largest absolute Gasteiger partial charge is 0.398 e. The molecule has 0 atom stereocenters. The molecule has 0 fully saturated rings. The highest BCUT2D eigenvalue weighted by Crippen LogP contribution is 2.20. The number of aromatic nitrogens is 1. The Balaban J connectivity index is 2.16. The number of anilines is 2. The predicted molar refractivity (Wildman–Crippen MR) is 73.1 cm³/mol. The average molecular weight is 282 g/mol. The minimum atomic E-state index is -0.289. The Morgan fingerprint density at radius 2 is 2.00 bits per heavy atom. The van der Waals surface area contributed by atoms with Crippen molar-refractivity contribution in [3.05, 3.63) is 52.3 Å². The van der Waals surface area contributed by atoms with Crippen LogP contribution < -0.4 is 11.1 Å². The van der Waals surface area contributed by atoms with E-state index in [0.717, 1.165) is 0 Å². The third-order valence-corrected chi connectivity index (χ3v) is 2.81. The molecule has 2 rings (SSSR count). The lowest BCUT2D eigenvalue weighted by Gasteiger charge is -2.06. The van der Waals surface area contributed by atoms with Crippen molar-refractivity contribution in [2.75, 3.05) is 11.1 Å². The zero-order valence-corrected chi connectivity index (χ0v) is 10.7. The minimum Gasteiger partial charge on any atom is -0.398 e. The molecule has 6 heteroatoms. The number of carbonyl (C=O) groups is 1. The smallest absolute Gasteiger partial charge is 0.255 e. The van der Waals surface area contributed by atoms with Crippen molar-refractivity contribution >= 4 is 40.5 Å². The van der Waals surface area contributed by atoms with E-state index in [0.29, 0.717) is 27.1 Å². The molecule has 0 saturated carbocycles. The standard InChI is InChI=1S/C12H9Cl2N3O/c13-9-3-1-7(5-10(9)15)12(18)17-8-2-4-11(14)16-6-8/h1-6H,15H2,(H,17,18). The maximum absolute atomic E-state index is 11.9. The van der Waals surface area contributed by atoms with Crippen LogP contribution in [0.3, 0.4) is 0 Å². The number of carbonyl (C=O) groups excluding carboxylic acids is 1. The number of nitrogens with two attached hydrogens (primary N) is 1. The molecule has 0 spiro atoms. The number of nitrogens with one attached hydrogen (secondary N) is 1. The fourth-order valence-corrected chi connectivity index (χ4v) is 1.57. The van der Waals surface area contributed by atoms with Gasteiger partial charge in [0.25, 0.3) is 5.91 Å². The van der Waals surface area contributed by atoms with Crippen molar-refractivity contribution in [3.8, 4) is 0 Å². The van der Waals surface area contributed by atoms with Gasteiger partial charge in [-0.25, -0.2) is 4.98 Å². The summed E-state index contributed by atoms with van der Waals surface area (Å²) in [5.41, 5.74) is 6.97. The maximum atomic E-state index is 11.9. The van der Waals surface area contributed by atoms with Crippen LogP contribution in [-0.2, 0) is 0 Å². The number of nitrogens with zero attached hydrogens (tertiary/aromatic N) is 1. The molecular weight excluding hydrogens is 273 g/mol. The zero-order chi connectivity index (χ0) is 13.1. The van der Waals surface area contributed by atoms with Crippen molar-refractivity contribution in [1.29, 1.82) is 0 Å². The second-order valence-electron chi connectivity index (χ2n) is 3.56. The molecule has 1 amide bonds. The van der Waals surface area contributed by atoms with E-state index in [1.54, 1.807) is 24.3 Å². The van der Waals surface area contributed by atoms with Crippen molar-refractivity contribution in [2.45, 2.75) is 0 Å². The van der Waals surface area contributed by atoms with Gasteiger partial charge in [0, 0.05) is 5.56 Å². The summed E-state index contributed by atoms with van der Waals surface area (Å²) >= 11 is 11.4. The molecule has 4 nitrogen and oxygen atoms in total. The third kappa shape index (κ3) is 2.91. The minimum absolute atomic E-state index is 0.289. The lowest BCUT2D eigenvalue weighted by Crippen LogP contribution is -2.12. The van der Waals surface area contributed by atoms with Crippen LogP contribution in [0.25, 0.3) is 0 Å². The first-order valence-electron chi connectivity index (χ1n) is 5.04. The zero-order valence-electron chi connectivity index (χ0n) is 9.15. The molecule has 3 N–H and O–H groups in total. The van der Waals surface area contributed by atoms with Crippen LogP contribution in [0.5, 0.6) is 0 Å². The molecule has 0 aliphatic heterocycles. The van der Waals surface area contributed by atoms with Crippen LogP contribution in [0.1, 0.15) is 10.4 Å². The van der Waals surface area contributed by atoms with Crippen molar-refractivity contribution in [1.82, 2.24) is 4.98 Å². The molecular formula is C12H9Cl2N3O. The van der Waals surface area contributed by atoms with E-state index in [1.165, 1.54) is 12.3 Å². The normalized spacial score (nSPS) is 10.1. The maximum Gasteiger partial charge on any atom is 0.255 e. The van der Waals surface area contributed by atoms with Gasteiger partial charge in [-0.1, -0.05) is 23.2 Å². The summed E-state index contributed by atoms with van der Waals surface area (Å²) in [5, 5.41) is 3.45. The molecule has 1 aromatic carbocycles. The summed E-state index contributed by atoms with van der Waals surface area (Å²) in [4.78, 5) is 15.8. The van der Waals surface area contributed by atoms with Gasteiger partial charge in [-0.05, 0) is 30.3 Å². The molecule has 0 aliphatic carbocycles. The number of rotatable bonds is 2. The molecule has 0 aliphatic rings. The average Bonchev–Trinajstić information content (AvgIpc) is 2.35. The summed E-state index contributed by atoms with van der Waals surface area (Å²) < 4.78 is 0. The highest BCUT2D eigenvalue weighted by Gasteiger charge is 2.08. The SMILES string of the molecule is Nc1cc(C(=O)Nc2ccc(Cl)nc2)ccc1Cl. The first kappa shape index (κ1) is 12.7. The lowest BCUT2D eigenvalue weighted by molar-refractivity contribution is 0.102. The van der Waals surface area contributed by atoms with E-state index in [-0.39, 0.29) is 5.91 Å². The Bertz CT molecular complexity index is 584. The Labute approximate surface area is 114 Å². The first-order chi connectivity index (χ1) is 8.56. The number of benzene rings is 1. The number of hydrogen-bond donors (Lipinski definition) is 2. The van der Waals surface area contributed by atoms with Crippen molar-refractivity contribution in [3.63, 3.8) is 0 Å². The van der Waals surface area contributed by atoms with Crippen LogP contribution in [-0.4, -0.2) is 10.9 Å². The molecule has 0 unspecified atom stereocenters. The van der Waals surface area contributed by atoms with Gasteiger partial charge in [0.1, 0.15) is 5.15 Å². The Kier molecular flexibility index (Phi) is 3.69. The molecule has 1 aromatic heterocycles. The summed E-state index contributed by atoms with van der Waals surface area (Å²) in [7, 11) is 0. The fraction of sp³-hybridized carbons (Fsp3) is 0. The van der Waals surface area contributed by atoms with Crippen molar-refractivity contribution in [2.24, 2.45) is 0 Å². The van der Waals surface area contributed by atoms with Gasteiger partial charge in [0.05, 0.1) is 22.6 Å². The van der Waals surface area contributed by atoms with Gasteiger partial charge in [0.2, 0.25) is 0 Å². The van der Waals surface area contributed by atoms with E-state index >= 15 is 0 Å². The molecule has 18 heavy (non-hydrogen) atoms. The Morgan fingerprint density at radius 1 is 1.22 bits per heavy atom. The number of hydrogen-bond acceptors (Lipinski definition) is 3. The molecule has 92 valence electrons. The molecule has 2 aromatic rings. The number of amides is 1. The van der Waals surface area contributed by atoms with Crippen LogP contribution >= 0.6 is 23.2 Å². The van der Waals surface area contributed by atoms with Crippen LogP contribution in [0.4, 0.5) is 11.4 Å². The molecule has 0 bridgehead atoms. The number of halogens is 2. The number of pyridine rings is 1. The van der Waals surface area contributed by atoms with E-state index in [9.17, 15) is 4.79 Å². The second-order valence-corrected chi connectivity index (χ2v) is 4.35. The Hall–Kier alpha value is -1.78. The highest BCUT2D eigenvalue weighted by molar-refractivity contribution is 6.33. The van der Waals surface area contributed by atoms with Gasteiger partial charge in [-0.2, -0.15) is 0 Å². The second kappa shape index (κ2) is 5.25. The van der Waals surface area contributed by atoms with E-state index in [2.05, 4.69) is 10.3 Å². The quantitative estimate of drug-likeness (QED) is 0.656. The highest BCUT2D eigenvalue weighted by atomic mass is 35.5. The molecule has 0 radical (unpaired) electrons. The first-order valence-corrected chi connectivity index (χ1v) is 5.80.